The third kappa shape index (κ3) is 4.99. The molecular weight excluding hydrogens is 693 g/mol. The van der Waals surface area contributed by atoms with Gasteiger partial charge in [-0.15, -0.1) is 0 Å². The van der Waals surface area contributed by atoms with Crippen molar-refractivity contribution in [2.75, 3.05) is 4.90 Å². The van der Waals surface area contributed by atoms with Crippen LogP contribution in [0.3, 0.4) is 0 Å². The van der Waals surface area contributed by atoms with Gasteiger partial charge in [0.1, 0.15) is 11.2 Å². The molecule has 2 aromatic heterocycles. The number of hydrogen-bond acceptors (Lipinski definition) is 2. The van der Waals surface area contributed by atoms with Crippen LogP contribution < -0.4 is 4.90 Å². The smallest absolute Gasteiger partial charge is 0.143 e. The summed E-state index contributed by atoms with van der Waals surface area (Å²) in [5, 5.41) is 4.82. The van der Waals surface area contributed by atoms with E-state index in [1.165, 1.54) is 72.3 Å². The molecule has 1 atom stereocenters. The Bertz CT molecular complexity index is 3270. The van der Waals surface area contributed by atoms with Crippen LogP contribution in [0.2, 0.25) is 0 Å². The summed E-state index contributed by atoms with van der Waals surface area (Å²) < 4.78 is 8.88. The first-order valence-electron chi connectivity index (χ1n) is 19.8. The molecule has 12 rings (SSSR count). The maximum atomic E-state index is 6.51. The van der Waals surface area contributed by atoms with E-state index in [2.05, 4.69) is 204 Å². The molecule has 0 saturated carbocycles. The first-order chi connectivity index (χ1) is 28.3. The molecule has 1 unspecified atom stereocenters. The first-order valence-corrected chi connectivity index (χ1v) is 19.8. The number of allylic oxidation sites excluding steroid dienone is 2. The van der Waals surface area contributed by atoms with Crippen molar-refractivity contribution in [3.05, 3.63) is 211 Å². The molecule has 0 amide bonds. The van der Waals surface area contributed by atoms with E-state index in [0.717, 1.165) is 39.5 Å². The van der Waals surface area contributed by atoms with Crippen molar-refractivity contribution in [2.24, 2.45) is 0 Å². The number of para-hydroxylation sites is 5. The zero-order valence-electron chi connectivity index (χ0n) is 31.1. The van der Waals surface area contributed by atoms with Crippen LogP contribution in [0.4, 0.5) is 11.4 Å². The summed E-state index contributed by atoms with van der Waals surface area (Å²) in [6.07, 6.45) is 5.79. The third-order valence-corrected chi connectivity index (χ3v) is 12.1. The summed E-state index contributed by atoms with van der Waals surface area (Å²) in [7, 11) is 0. The van der Waals surface area contributed by atoms with E-state index in [4.69, 9.17) is 4.42 Å². The number of hydrogen-bond donors (Lipinski definition) is 0. The van der Waals surface area contributed by atoms with Crippen LogP contribution in [0.15, 0.2) is 205 Å². The summed E-state index contributed by atoms with van der Waals surface area (Å²) in [6, 6.07) is 68.2. The van der Waals surface area contributed by atoms with E-state index in [9.17, 15) is 0 Å². The third-order valence-electron chi connectivity index (χ3n) is 12.1. The molecule has 3 nitrogen and oxygen atoms in total. The zero-order chi connectivity index (χ0) is 37.5. The van der Waals surface area contributed by atoms with Crippen molar-refractivity contribution in [2.45, 2.75) is 12.5 Å². The van der Waals surface area contributed by atoms with Gasteiger partial charge in [0.15, 0.2) is 0 Å². The van der Waals surface area contributed by atoms with E-state index in [-0.39, 0.29) is 6.04 Å². The molecule has 0 saturated heterocycles. The van der Waals surface area contributed by atoms with Crippen molar-refractivity contribution in [1.29, 1.82) is 0 Å². The summed E-state index contributed by atoms with van der Waals surface area (Å²) >= 11 is 0. The Morgan fingerprint density at radius 2 is 1.14 bits per heavy atom. The zero-order valence-corrected chi connectivity index (χ0v) is 31.1. The number of benzene rings is 8. The van der Waals surface area contributed by atoms with Gasteiger partial charge in [0.2, 0.25) is 0 Å². The van der Waals surface area contributed by atoms with Gasteiger partial charge in [-0.25, -0.2) is 0 Å². The highest BCUT2D eigenvalue weighted by Gasteiger charge is 2.36. The van der Waals surface area contributed by atoms with Gasteiger partial charge < -0.3 is 13.9 Å². The molecule has 3 heterocycles. The van der Waals surface area contributed by atoms with Gasteiger partial charge in [-0.05, 0) is 113 Å². The second kappa shape index (κ2) is 12.6. The predicted molar refractivity (Wildman–Crippen MR) is 238 cm³/mol. The van der Waals surface area contributed by atoms with Gasteiger partial charge in [-0.1, -0.05) is 127 Å². The molecule has 1 aliphatic heterocycles. The highest BCUT2D eigenvalue weighted by Crippen LogP contribution is 2.51. The summed E-state index contributed by atoms with van der Waals surface area (Å²) in [5.74, 6) is 0. The van der Waals surface area contributed by atoms with Crippen molar-refractivity contribution < 1.29 is 4.42 Å². The molecule has 2 aliphatic rings. The van der Waals surface area contributed by atoms with Gasteiger partial charge in [0.05, 0.1) is 17.1 Å². The topological polar surface area (TPSA) is 21.3 Å². The molecule has 0 radical (unpaired) electrons. The number of rotatable bonds is 5. The van der Waals surface area contributed by atoms with Crippen LogP contribution in [0.25, 0.3) is 82.8 Å². The van der Waals surface area contributed by atoms with E-state index in [1.807, 2.05) is 6.07 Å². The number of anilines is 2. The molecule has 8 aromatic carbocycles. The molecule has 0 N–H and O–H groups in total. The summed E-state index contributed by atoms with van der Waals surface area (Å²) in [4.78, 5) is 2.53. The Balaban J connectivity index is 0.960. The van der Waals surface area contributed by atoms with Crippen LogP contribution in [0.5, 0.6) is 0 Å². The van der Waals surface area contributed by atoms with Crippen LogP contribution in [-0.4, -0.2) is 10.6 Å². The fourth-order valence-corrected chi connectivity index (χ4v) is 9.47. The quantitative estimate of drug-likeness (QED) is 0.176. The highest BCUT2D eigenvalue weighted by molar-refractivity contribution is 6.11. The lowest BCUT2D eigenvalue weighted by molar-refractivity contribution is 0.670. The molecule has 0 fully saturated rings. The minimum Gasteiger partial charge on any atom is -0.455 e. The van der Waals surface area contributed by atoms with Crippen LogP contribution in [0.1, 0.15) is 17.5 Å². The Labute approximate surface area is 330 Å². The molecule has 1 aliphatic carbocycles. The fraction of sp³-hybridized carbons (Fsp3) is 0.0370. The lowest BCUT2D eigenvalue weighted by Gasteiger charge is -2.29. The standard InChI is InChI=1S/C54H36N2O/c1-3-15-40(16-4-1)55-49-23-9-7-19-43(49)46-32-37(25-28-50(46)55)35-13-11-14-36(31-35)38-26-29-51-47(33-38)48-34-39(27-30-52(48)56(51)41-17-5-2-6-18-41)42-21-12-22-45-44-20-8-10-24-53(44)57-54(42)45/h1-28,30-34,51H,29H2. The van der Waals surface area contributed by atoms with E-state index >= 15 is 0 Å². The van der Waals surface area contributed by atoms with Gasteiger partial charge in [0, 0.05) is 49.7 Å². The second-order valence-corrected chi connectivity index (χ2v) is 15.2. The lowest BCUT2D eigenvalue weighted by Crippen LogP contribution is -2.27. The maximum absolute atomic E-state index is 6.51. The minimum absolute atomic E-state index is 0.205. The molecular formula is C54H36N2O. The average molecular weight is 729 g/mol. The Morgan fingerprint density at radius 1 is 0.456 bits per heavy atom. The number of fused-ring (bicyclic) bond motifs is 9. The van der Waals surface area contributed by atoms with Gasteiger partial charge in [-0.3, -0.25) is 0 Å². The average Bonchev–Trinajstić information content (AvgIpc) is 3.94. The van der Waals surface area contributed by atoms with Crippen molar-refractivity contribution in [3.8, 4) is 27.9 Å². The SMILES string of the molecule is C1=C(c2cccc(-c3ccc4c(c3)c3ccccc3n4-c3ccccc3)c2)C=C2c3cc(-c4cccc5c4oc4ccccc45)ccc3N(c3ccccc3)C2C1. The van der Waals surface area contributed by atoms with Crippen molar-refractivity contribution in [1.82, 2.24) is 4.57 Å². The van der Waals surface area contributed by atoms with E-state index in [1.54, 1.807) is 0 Å². The van der Waals surface area contributed by atoms with Crippen molar-refractivity contribution in [3.63, 3.8) is 0 Å². The Hall–Kier alpha value is -7.36. The minimum atomic E-state index is 0.205. The van der Waals surface area contributed by atoms with E-state index < -0.39 is 0 Å². The fourth-order valence-electron chi connectivity index (χ4n) is 9.47. The van der Waals surface area contributed by atoms with Crippen LogP contribution in [0, 0.1) is 0 Å². The first kappa shape index (κ1) is 31.9. The summed E-state index contributed by atoms with van der Waals surface area (Å²) in [5.41, 5.74) is 17.7. The lowest BCUT2D eigenvalue weighted by atomic mass is 9.87. The molecule has 3 heteroatoms. The highest BCUT2D eigenvalue weighted by atomic mass is 16.3. The number of aromatic nitrogens is 1. The normalized spacial score (nSPS) is 14.9. The second-order valence-electron chi connectivity index (χ2n) is 15.2. The van der Waals surface area contributed by atoms with Gasteiger partial charge >= 0.3 is 0 Å². The predicted octanol–water partition coefficient (Wildman–Crippen LogP) is 14.4. The van der Waals surface area contributed by atoms with Gasteiger partial charge in [0.25, 0.3) is 0 Å². The Morgan fingerprint density at radius 3 is 2.02 bits per heavy atom. The molecule has 57 heavy (non-hydrogen) atoms. The van der Waals surface area contributed by atoms with Gasteiger partial charge in [-0.2, -0.15) is 0 Å². The van der Waals surface area contributed by atoms with Crippen LogP contribution >= 0.6 is 0 Å². The molecule has 268 valence electrons. The monoisotopic (exact) mass is 728 g/mol. The summed E-state index contributed by atoms with van der Waals surface area (Å²) in [6.45, 7) is 0. The maximum Gasteiger partial charge on any atom is 0.143 e. The molecule has 10 aromatic rings. The van der Waals surface area contributed by atoms with E-state index in [0.29, 0.717) is 0 Å². The van der Waals surface area contributed by atoms with Crippen molar-refractivity contribution >= 4 is 66.3 Å². The largest absolute Gasteiger partial charge is 0.455 e. The van der Waals surface area contributed by atoms with Crippen LogP contribution in [-0.2, 0) is 0 Å². The molecule has 0 spiro atoms. The molecule has 0 bridgehead atoms. The Kier molecular flexibility index (Phi) is 7.05. The number of furan rings is 1. The number of nitrogens with zero attached hydrogens (tertiary/aromatic N) is 2.